The van der Waals surface area contributed by atoms with Crippen LogP contribution in [-0.2, 0) is 25.6 Å². The molecular formula is C22H36N4O4S. The van der Waals surface area contributed by atoms with Crippen molar-refractivity contribution in [2.24, 2.45) is 23.5 Å². The Morgan fingerprint density at radius 3 is 2.42 bits per heavy atom. The van der Waals surface area contributed by atoms with Gasteiger partial charge >= 0.3 is 0 Å². The van der Waals surface area contributed by atoms with Gasteiger partial charge in [-0.15, -0.1) is 0 Å². The zero-order valence-electron chi connectivity index (χ0n) is 19.0. The van der Waals surface area contributed by atoms with Gasteiger partial charge in [-0.3, -0.25) is 19.2 Å². The maximum Gasteiger partial charge on any atom is 0.240 e. The average Bonchev–Trinajstić information content (AvgIpc) is 3.22. The molecule has 0 aliphatic heterocycles. The summed E-state index contributed by atoms with van der Waals surface area (Å²) in [7, 11) is 0. The van der Waals surface area contributed by atoms with E-state index >= 15 is 0 Å². The van der Waals surface area contributed by atoms with Crippen LogP contribution in [0.2, 0.25) is 0 Å². The number of rotatable bonds is 16. The minimum absolute atomic E-state index is 0.00795. The van der Waals surface area contributed by atoms with E-state index in [0.29, 0.717) is 31.4 Å². The van der Waals surface area contributed by atoms with Gasteiger partial charge in [0.1, 0.15) is 17.6 Å². The SMILES string of the molecule is CCC(=O)CC(Cc1cnc[nH]1)C(=O)CC(CC(C)C)C(=O)NC(CCSC)C(N)=O. The summed E-state index contributed by atoms with van der Waals surface area (Å²) in [5.74, 6) is -1.26. The Bertz CT molecular complexity index is 721. The van der Waals surface area contributed by atoms with E-state index < -0.39 is 23.8 Å². The highest BCUT2D eigenvalue weighted by atomic mass is 32.2. The fraction of sp³-hybridized carbons (Fsp3) is 0.682. The number of nitrogens with zero attached hydrogens (tertiary/aromatic N) is 1. The Morgan fingerprint density at radius 2 is 1.90 bits per heavy atom. The Balaban J connectivity index is 2.94. The van der Waals surface area contributed by atoms with E-state index in [-0.39, 0.29) is 36.2 Å². The lowest BCUT2D eigenvalue weighted by Crippen LogP contribution is -2.47. The topological polar surface area (TPSA) is 135 Å². The van der Waals surface area contributed by atoms with E-state index in [2.05, 4.69) is 15.3 Å². The lowest BCUT2D eigenvalue weighted by Gasteiger charge is -2.23. The second kappa shape index (κ2) is 14.0. The van der Waals surface area contributed by atoms with Gasteiger partial charge in [-0.1, -0.05) is 20.8 Å². The van der Waals surface area contributed by atoms with Crippen LogP contribution in [0.25, 0.3) is 0 Å². The van der Waals surface area contributed by atoms with Crippen LogP contribution in [0.5, 0.6) is 0 Å². The molecule has 8 nitrogen and oxygen atoms in total. The van der Waals surface area contributed by atoms with Gasteiger partial charge in [0.2, 0.25) is 11.8 Å². The van der Waals surface area contributed by atoms with Gasteiger partial charge in [-0.25, -0.2) is 4.98 Å². The smallest absolute Gasteiger partial charge is 0.240 e. The van der Waals surface area contributed by atoms with E-state index in [1.165, 1.54) is 6.33 Å². The molecule has 0 bridgehead atoms. The summed E-state index contributed by atoms with van der Waals surface area (Å²) >= 11 is 1.56. The number of carbonyl (C=O) groups excluding carboxylic acids is 4. The number of nitrogens with one attached hydrogen (secondary N) is 2. The summed E-state index contributed by atoms with van der Waals surface area (Å²) in [5.41, 5.74) is 6.22. The number of amides is 2. The highest BCUT2D eigenvalue weighted by Gasteiger charge is 2.30. The molecule has 0 fully saturated rings. The van der Waals surface area contributed by atoms with Gasteiger partial charge in [0.05, 0.1) is 6.33 Å². The van der Waals surface area contributed by atoms with E-state index in [1.54, 1.807) is 24.9 Å². The first-order valence-corrected chi connectivity index (χ1v) is 12.2. The number of nitrogens with two attached hydrogens (primary N) is 1. The second-order valence-corrected chi connectivity index (χ2v) is 9.30. The summed E-state index contributed by atoms with van der Waals surface area (Å²) in [6.07, 6.45) is 6.93. The number of aromatic amines is 1. The van der Waals surface area contributed by atoms with Gasteiger partial charge in [0.25, 0.3) is 0 Å². The Morgan fingerprint density at radius 1 is 1.19 bits per heavy atom. The average molecular weight is 453 g/mol. The minimum Gasteiger partial charge on any atom is -0.368 e. The zero-order valence-corrected chi connectivity index (χ0v) is 19.8. The lowest BCUT2D eigenvalue weighted by molar-refractivity contribution is -0.134. The number of carbonyl (C=O) groups is 4. The molecule has 1 rings (SSSR count). The van der Waals surface area contributed by atoms with Crippen molar-refractivity contribution in [3.05, 3.63) is 18.2 Å². The molecule has 31 heavy (non-hydrogen) atoms. The molecule has 1 aromatic rings. The molecule has 174 valence electrons. The summed E-state index contributed by atoms with van der Waals surface area (Å²) in [5, 5.41) is 2.74. The molecule has 9 heteroatoms. The van der Waals surface area contributed by atoms with Gasteiger partial charge in [-0.05, 0) is 37.2 Å². The molecule has 0 aliphatic rings. The molecular weight excluding hydrogens is 416 g/mol. The third-order valence-corrected chi connectivity index (χ3v) is 5.83. The third-order valence-electron chi connectivity index (χ3n) is 5.19. The van der Waals surface area contributed by atoms with E-state index in [1.807, 2.05) is 20.1 Å². The van der Waals surface area contributed by atoms with Crippen LogP contribution in [0.15, 0.2) is 12.5 Å². The number of hydrogen-bond donors (Lipinski definition) is 3. The molecule has 1 aromatic heterocycles. The summed E-state index contributed by atoms with van der Waals surface area (Å²) in [4.78, 5) is 56.8. The Hall–Kier alpha value is -2.16. The first-order valence-electron chi connectivity index (χ1n) is 10.8. The van der Waals surface area contributed by atoms with Gasteiger partial charge in [-0.2, -0.15) is 11.8 Å². The molecule has 0 aliphatic carbocycles. The summed E-state index contributed by atoms with van der Waals surface area (Å²) < 4.78 is 0. The molecule has 0 spiro atoms. The monoisotopic (exact) mass is 452 g/mol. The number of primary amides is 1. The predicted octanol–water partition coefficient (Wildman–Crippen LogP) is 2.28. The van der Waals surface area contributed by atoms with Crippen LogP contribution in [0.4, 0.5) is 0 Å². The largest absolute Gasteiger partial charge is 0.368 e. The molecule has 0 aromatic carbocycles. The van der Waals surface area contributed by atoms with Crippen molar-refractivity contribution in [3.63, 3.8) is 0 Å². The highest BCUT2D eigenvalue weighted by Crippen LogP contribution is 2.22. The molecule has 3 atom stereocenters. The normalized spacial score (nSPS) is 14.1. The van der Waals surface area contributed by atoms with Crippen molar-refractivity contribution in [3.8, 4) is 0 Å². The van der Waals surface area contributed by atoms with Crippen LogP contribution in [0.1, 0.15) is 58.6 Å². The predicted molar refractivity (Wildman–Crippen MR) is 122 cm³/mol. The molecule has 1 heterocycles. The number of aromatic nitrogens is 2. The van der Waals surface area contributed by atoms with Crippen molar-refractivity contribution in [1.82, 2.24) is 15.3 Å². The number of thioether (sulfide) groups is 1. The number of Topliss-reactive ketones (excluding diaryl/α,β-unsaturated/α-hetero) is 2. The van der Waals surface area contributed by atoms with Crippen molar-refractivity contribution in [2.45, 2.75) is 65.3 Å². The summed E-state index contributed by atoms with van der Waals surface area (Å²) in [6.45, 7) is 5.73. The quantitative estimate of drug-likeness (QED) is 0.352. The van der Waals surface area contributed by atoms with Gasteiger partial charge in [0.15, 0.2) is 0 Å². The fourth-order valence-corrected chi connectivity index (χ4v) is 3.92. The molecule has 2 amide bonds. The molecule has 0 saturated heterocycles. The maximum absolute atomic E-state index is 13.1. The first kappa shape index (κ1) is 26.9. The van der Waals surface area contributed by atoms with Crippen molar-refractivity contribution in [1.29, 1.82) is 0 Å². The number of H-pyrrole nitrogens is 1. The molecule has 3 unspecified atom stereocenters. The van der Waals surface area contributed by atoms with E-state index in [0.717, 1.165) is 5.69 Å². The lowest BCUT2D eigenvalue weighted by atomic mass is 9.84. The molecule has 0 radical (unpaired) electrons. The third kappa shape index (κ3) is 10.1. The number of imidazole rings is 1. The van der Waals surface area contributed by atoms with Gasteiger partial charge in [0, 0.05) is 43.0 Å². The van der Waals surface area contributed by atoms with Crippen LogP contribution < -0.4 is 11.1 Å². The fourth-order valence-electron chi connectivity index (χ4n) is 3.45. The molecule has 0 saturated carbocycles. The van der Waals surface area contributed by atoms with E-state index in [4.69, 9.17) is 5.73 Å². The molecule has 4 N–H and O–H groups in total. The Kier molecular flexibility index (Phi) is 12.1. The highest BCUT2D eigenvalue weighted by molar-refractivity contribution is 7.98. The van der Waals surface area contributed by atoms with Crippen LogP contribution in [0, 0.1) is 17.8 Å². The van der Waals surface area contributed by atoms with Crippen molar-refractivity contribution in [2.75, 3.05) is 12.0 Å². The van der Waals surface area contributed by atoms with Crippen molar-refractivity contribution >= 4 is 35.1 Å². The van der Waals surface area contributed by atoms with Crippen molar-refractivity contribution < 1.29 is 19.2 Å². The van der Waals surface area contributed by atoms with E-state index in [9.17, 15) is 19.2 Å². The second-order valence-electron chi connectivity index (χ2n) is 8.32. The van der Waals surface area contributed by atoms with Gasteiger partial charge < -0.3 is 16.0 Å². The van der Waals surface area contributed by atoms with Crippen LogP contribution in [0.3, 0.4) is 0 Å². The Labute approximate surface area is 188 Å². The minimum atomic E-state index is -0.757. The zero-order chi connectivity index (χ0) is 23.4. The number of hydrogen-bond acceptors (Lipinski definition) is 6. The standard InChI is InChI=1S/C22H36N4O4S/c1-5-18(27)10-15(9-17-12-24-13-25-17)20(28)11-16(8-14(2)3)22(30)26-19(21(23)29)6-7-31-4/h12-16,19H,5-11H2,1-4H3,(H2,23,29)(H,24,25)(H,26,30). The van der Waals surface area contributed by atoms with Crippen LogP contribution >= 0.6 is 11.8 Å². The maximum atomic E-state index is 13.1. The van der Waals surface area contributed by atoms with Crippen LogP contribution in [-0.4, -0.2) is 51.4 Å². The summed E-state index contributed by atoms with van der Waals surface area (Å²) in [6, 6.07) is -0.757. The first-order chi connectivity index (χ1) is 14.7. The number of ketones is 2.